The van der Waals surface area contributed by atoms with Crippen molar-refractivity contribution in [2.24, 2.45) is 28.6 Å². The lowest BCUT2D eigenvalue weighted by molar-refractivity contribution is -0.153. The predicted octanol–water partition coefficient (Wildman–Crippen LogP) is 5.35. The zero-order valence-electron chi connectivity index (χ0n) is 20.2. The number of hydrogen-bond acceptors (Lipinski definition) is 4. The van der Waals surface area contributed by atoms with E-state index in [1.54, 1.807) is 0 Å². The molecule has 0 aromatic rings. The van der Waals surface area contributed by atoms with E-state index < -0.39 is 11.2 Å². The molecule has 0 aromatic carbocycles. The highest BCUT2D eigenvalue weighted by Crippen LogP contribution is 2.83. The summed E-state index contributed by atoms with van der Waals surface area (Å²) in [6.45, 7) is 17.3. The summed E-state index contributed by atoms with van der Waals surface area (Å²) in [5.41, 5.74) is 0.388. The van der Waals surface area contributed by atoms with Gasteiger partial charge in [-0.15, -0.1) is 0 Å². The predicted molar refractivity (Wildman–Crippen MR) is 120 cm³/mol. The molecule has 9 atom stereocenters. The minimum absolute atomic E-state index is 0.0195. The molecule has 4 fully saturated rings. The van der Waals surface area contributed by atoms with Gasteiger partial charge in [-0.1, -0.05) is 39.0 Å². The summed E-state index contributed by atoms with van der Waals surface area (Å²) < 4.78 is 12.7. The molecule has 5 rings (SSSR count). The molecule has 0 amide bonds. The third kappa shape index (κ3) is 2.32. The van der Waals surface area contributed by atoms with Crippen LogP contribution in [-0.2, 0) is 14.3 Å². The summed E-state index contributed by atoms with van der Waals surface area (Å²) in [5.74, 6) is 0.747. The van der Waals surface area contributed by atoms with Gasteiger partial charge in [-0.25, -0.2) is 4.79 Å². The fraction of sp³-hybridized carbons (Fsp3) is 0.815. The molecule has 3 saturated carbocycles. The van der Waals surface area contributed by atoms with Crippen LogP contribution in [0.2, 0.25) is 0 Å². The number of carbonyl (C=O) groups is 1. The van der Waals surface area contributed by atoms with Crippen molar-refractivity contribution in [2.75, 3.05) is 0 Å². The molecule has 172 valence electrons. The van der Waals surface area contributed by atoms with Gasteiger partial charge < -0.3 is 14.6 Å². The van der Waals surface area contributed by atoms with Crippen molar-refractivity contribution >= 4 is 5.97 Å². The number of hydrogen-bond donors (Lipinski definition) is 1. The van der Waals surface area contributed by atoms with E-state index in [0.29, 0.717) is 11.8 Å². The van der Waals surface area contributed by atoms with E-state index in [1.807, 2.05) is 19.9 Å². The lowest BCUT2D eigenvalue weighted by atomic mass is 9.43. The number of fused-ring (bicyclic) bond motifs is 1. The van der Waals surface area contributed by atoms with Crippen molar-refractivity contribution in [3.05, 3.63) is 23.8 Å². The summed E-state index contributed by atoms with van der Waals surface area (Å²) in [7, 11) is 0. The van der Waals surface area contributed by atoms with E-state index >= 15 is 0 Å². The minimum Gasteiger partial charge on any atom is -0.458 e. The Kier molecular flexibility index (Phi) is 4.38. The summed E-state index contributed by atoms with van der Waals surface area (Å²) in [5, 5.41) is 11.8. The average Bonchev–Trinajstić information content (AvgIpc) is 3.33. The first-order valence-electron chi connectivity index (χ1n) is 12.3. The van der Waals surface area contributed by atoms with Crippen molar-refractivity contribution in [3.63, 3.8) is 0 Å². The Morgan fingerprint density at radius 3 is 2.52 bits per heavy atom. The molecule has 2 aliphatic heterocycles. The fourth-order valence-electron chi connectivity index (χ4n) is 9.11. The zero-order valence-corrected chi connectivity index (χ0v) is 20.2. The Bertz CT molecular complexity index is 872. The number of rotatable bonds is 3. The molecule has 0 aromatic heterocycles. The lowest BCUT2D eigenvalue weighted by Gasteiger charge is -2.58. The van der Waals surface area contributed by atoms with E-state index in [-0.39, 0.29) is 34.4 Å². The molecule has 4 heteroatoms. The van der Waals surface area contributed by atoms with Crippen LogP contribution in [0, 0.1) is 28.6 Å². The fourth-order valence-corrected chi connectivity index (χ4v) is 9.11. The molecule has 0 radical (unpaired) electrons. The largest absolute Gasteiger partial charge is 0.458 e. The maximum Gasteiger partial charge on any atom is 0.333 e. The number of esters is 1. The first kappa shape index (κ1) is 21.7. The molecule has 4 nitrogen and oxygen atoms in total. The second-order valence-electron chi connectivity index (χ2n) is 12.2. The Morgan fingerprint density at radius 1 is 1.16 bits per heavy atom. The summed E-state index contributed by atoms with van der Waals surface area (Å²) in [4.78, 5) is 12.2. The number of aliphatic hydroxyl groups is 1. The number of ether oxygens (including phenoxy) is 2. The summed E-state index contributed by atoms with van der Waals surface area (Å²) >= 11 is 0. The minimum atomic E-state index is -0.869. The van der Waals surface area contributed by atoms with Crippen LogP contribution in [0.5, 0.6) is 0 Å². The zero-order chi connectivity index (χ0) is 22.6. The van der Waals surface area contributed by atoms with Crippen LogP contribution in [0.25, 0.3) is 0 Å². The molecule has 31 heavy (non-hydrogen) atoms. The van der Waals surface area contributed by atoms with Crippen LogP contribution in [0.15, 0.2) is 23.8 Å². The molecular weight excluding hydrogens is 388 g/mol. The van der Waals surface area contributed by atoms with E-state index in [0.717, 1.165) is 56.1 Å². The first-order valence-corrected chi connectivity index (χ1v) is 12.3. The number of cyclic esters (lactones) is 1. The Balaban J connectivity index is 1.47. The van der Waals surface area contributed by atoms with Crippen molar-refractivity contribution in [3.8, 4) is 0 Å². The third-order valence-corrected chi connectivity index (χ3v) is 11.2. The maximum atomic E-state index is 12.2. The highest BCUT2D eigenvalue weighted by atomic mass is 16.6. The highest BCUT2D eigenvalue weighted by molar-refractivity contribution is 5.88. The van der Waals surface area contributed by atoms with Crippen LogP contribution in [0.3, 0.4) is 0 Å². The normalized spacial score (nSPS) is 54.1. The van der Waals surface area contributed by atoms with Crippen LogP contribution in [0.1, 0.15) is 86.5 Å². The quantitative estimate of drug-likeness (QED) is 0.374. The Labute approximate surface area is 187 Å². The molecule has 1 saturated heterocycles. The number of epoxide rings is 1. The van der Waals surface area contributed by atoms with E-state index in [9.17, 15) is 9.90 Å². The molecule has 2 heterocycles. The van der Waals surface area contributed by atoms with Crippen molar-refractivity contribution in [1.29, 1.82) is 0 Å². The molecule has 1 N–H and O–H groups in total. The molecule has 9 unspecified atom stereocenters. The second-order valence-corrected chi connectivity index (χ2v) is 12.2. The topological polar surface area (TPSA) is 59.1 Å². The summed E-state index contributed by atoms with van der Waals surface area (Å²) in [6.07, 6.45) is 9.00. The second kappa shape index (κ2) is 6.26. The van der Waals surface area contributed by atoms with Gasteiger partial charge in [-0.3, -0.25) is 0 Å². The van der Waals surface area contributed by atoms with Gasteiger partial charge >= 0.3 is 5.97 Å². The van der Waals surface area contributed by atoms with Crippen LogP contribution >= 0.6 is 0 Å². The van der Waals surface area contributed by atoms with Gasteiger partial charge in [0.25, 0.3) is 0 Å². The smallest absolute Gasteiger partial charge is 0.333 e. The molecule has 3 aliphatic carbocycles. The molecule has 0 spiro atoms. The van der Waals surface area contributed by atoms with Crippen LogP contribution in [-0.4, -0.2) is 34.0 Å². The average molecular weight is 429 g/mol. The van der Waals surface area contributed by atoms with E-state index in [2.05, 4.69) is 34.3 Å². The van der Waals surface area contributed by atoms with Crippen LogP contribution in [0.4, 0.5) is 0 Å². The van der Waals surface area contributed by atoms with Crippen LogP contribution < -0.4 is 0 Å². The number of carbonyl (C=O) groups excluding carboxylic acids is 1. The van der Waals surface area contributed by atoms with Gasteiger partial charge in [-0.05, 0) is 76.5 Å². The molecule has 0 bridgehead atoms. The standard InChI is InChI=1S/C27H40O4/c1-16(2)19-11-13-26-24(6)12-10-20(18(4)21-9-8-17(3)22(28)30-21)23(24,5)14-15-27(26,31-26)25(19,7)29/h8,18-21,29H,1,9-15H2,2-7H3. The van der Waals surface area contributed by atoms with Crippen molar-refractivity contribution < 1.29 is 19.4 Å². The van der Waals surface area contributed by atoms with E-state index in [4.69, 9.17) is 9.47 Å². The summed E-state index contributed by atoms with van der Waals surface area (Å²) in [6, 6.07) is 0. The van der Waals surface area contributed by atoms with Crippen molar-refractivity contribution in [1.82, 2.24) is 0 Å². The van der Waals surface area contributed by atoms with Gasteiger partial charge in [-0.2, -0.15) is 0 Å². The third-order valence-electron chi connectivity index (χ3n) is 11.2. The Hall–Kier alpha value is -1.13. The molecule has 5 aliphatic rings. The van der Waals surface area contributed by atoms with Gasteiger partial charge in [0, 0.05) is 23.3 Å². The SMILES string of the molecule is C=C(C)C1CCC23OC2(CCC2(C)C(C(C)C4CC=C(C)C(=O)O4)CCC23C)C1(C)O. The first-order chi connectivity index (χ1) is 14.4. The molecular formula is C27H40O4. The van der Waals surface area contributed by atoms with Gasteiger partial charge in [0.15, 0.2) is 0 Å². The maximum absolute atomic E-state index is 12.2. The van der Waals surface area contributed by atoms with Gasteiger partial charge in [0.05, 0.1) is 0 Å². The van der Waals surface area contributed by atoms with Crippen molar-refractivity contribution in [2.45, 2.75) is 109 Å². The van der Waals surface area contributed by atoms with Gasteiger partial charge in [0.1, 0.15) is 22.9 Å². The Morgan fingerprint density at radius 2 is 1.87 bits per heavy atom. The van der Waals surface area contributed by atoms with Gasteiger partial charge in [0.2, 0.25) is 0 Å². The monoisotopic (exact) mass is 428 g/mol. The lowest BCUT2D eigenvalue weighted by Crippen LogP contribution is -2.65. The highest BCUT2D eigenvalue weighted by Gasteiger charge is 2.89. The van der Waals surface area contributed by atoms with E-state index in [1.165, 1.54) is 0 Å².